The lowest BCUT2D eigenvalue weighted by molar-refractivity contribution is -0.119. The van der Waals surface area contributed by atoms with Crippen LogP contribution in [0.3, 0.4) is 0 Å². The van der Waals surface area contributed by atoms with E-state index < -0.39 is 35.1 Å². The number of benzene rings is 2. The number of piperidine rings is 1. The van der Waals surface area contributed by atoms with Gasteiger partial charge in [-0.2, -0.15) is 0 Å². The molecule has 0 aromatic heterocycles. The van der Waals surface area contributed by atoms with Crippen LogP contribution >= 0.6 is 15.9 Å². The van der Waals surface area contributed by atoms with E-state index >= 15 is 0 Å². The summed E-state index contributed by atoms with van der Waals surface area (Å²) in [4.78, 5) is 42.6. The average molecular weight is 548 g/mol. The van der Waals surface area contributed by atoms with Crippen molar-refractivity contribution in [2.75, 3.05) is 25.0 Å². The van der Waals surface area contributed by atoms with Gasteiger partial charge in [0.25, 0.3) is 11.8 Å². The number of halogens is 3. The van der Waals surface area contributed by atoms with Crippen LogP contribution < -0.4 is 5.32 Å². The summed E-state index contributed by atoms with van der Waals surface area (Å²) in [6.07, 6.45) is 1.93. The van der Waals surface area contributed by atoms with Crippen molar-refractivity contribution in [1.29, 1.82) is 0 Å². The molecule has 2 aromatic rings. The minimum atomic E-state index is -0.966. The minimum Gasteiger partial charge on any atom is -0.338 e. The van der Waals surface area contributed by atoms with Crippen LogP contribution in [0.1, 0.15) is 53.8 Å². The highest BCUT2D eigenvalue weighted by Gasteiger charge is 2.37. The second-order valence-corrected chi connectivity index (χ2v) is 10.5. The smallest absolute Gasteiger partial charge is 0.260 e. The van der Waals surface area contributed by atoms with Gasteiger partial charge in [-0.15, -0.1) is 0 Å². The van der Waals surface area contributed by atoms with Gasteiger partial charge in [0, 0.05) is 24.1 Å². The number of hydrogen-bond donors (Lipinski definition) is 1. The van der Waals surface area contributed by atoms with E-state index in [0.29, 0.717) is 53.5 Å². The van der Waals surface area contributed by atoms with Crippen molar-refractivity contribution >= 4 is 39.3 Å². The van der Waals surface area contributed by atoms with Crippen molar-refractivity contribution in [2.24, 2.45) is 11.8 Å². The summed E-state index contributed by atoms with van der Waals surface area (Å²) in [5.74, 6) is -2.70. The molecule has 186 valence electrons. The molecule has 1 N–H and O–H groups in total. The highest BCUT2D eigenvalue weighted by Crippen LogP contribution is 2.29. The fourth-order valence-electron chi connectivity index (χ4n) is 5.15. The maximum atomic E-state index is 14.2. The van der Waals surface area contributed by atoms with Crippen molar-refractivity contribution < 1.29 is 23.2 Å². The molecule has 0 aliphatic carbocycles. The minimum absolute atomic E-state index is 0.173. The van der Waals surface area contributed by atoms with Gasteiger partial charge >= 0.3 is 0 Å². The predicted octanol–water partition coefficient (Wildman–Crippen LogP) is 5.09. The van der Waals surface area contributed by atoms with E-state index in [1.807, 2.05) is 4.90 Å². The molecule has 4 rings (SSSR count). The molecule has 35 heavy (non-hydrogen) atoms. The van der Waals surface area contributed by atoms with Crippen molar-refractivity contribution in [2.45, 2.75) is 39.2 Å². The molecule has 0 saturated carbocycles. The summed E-state index contributed by atoms with van der Waals surface area (Å²) in [7, 11) is 0. The largest absolute Gasteiger partial charge is 0.338 e. The number of nitrogens with zero attached hydrogens (tertiary/aromatic N) is 2. The van der Waals surface area contributed by atoms with Crippen LogP contribution in [0.5, 0.6) is 0 Å². The summed E-state index contributed by atoms with van der Waals surface area (Å²) < 4.78 is 29.1. The fraction of sp³-hybridized carbons (Fsp3) is 0.423. The van der Waals surface area contributed by atoms with Crippen LogP contribution in [-0.4, -0.2) is 53.2 Å². The zero-order chi connectivity index (χ0) is 25.3. The lowest BCUT2D eigenvalue weighted by atomic mass is 9.91. The van der Waals surface area contributed by atoms with E-state index in [1.54, 1.807) is 18.2 Å². The third kappa shape index (κ3) is 5.39. The number of anilines is 1. The zero-order valence-electron chi connectivity index (χ0n) is 19.7. The van der Waals surface area contributed by atoms with Crippen molar-refractivity contribution in [1.82, 2.24) is 9.80 Å². The second-order valence-electron chi connectivity index (χ2n) is 9.59. The monoisotopic (exact) mass is 547 g/mol. The number of carbonyl (C=O) groups is 3. The Labute approximate surface area is 211 Å². The van der Waals surface area contributed by atoms with Crippen LogP contribution in [0.15, 0.2) is 40.9 Å². The summed E-state index contributed by atoms with van der Waals surface area (Å²) >= 11 is 3.41. The SMILES string of the molecule is C[C@@H]1C[C@H](C)CN(C(=O)c2cc(Br)ccc2NC(=O)[C@@H]2CCCN2C(=O)c2c(F)cccc2F)C1. The maximum absolute atomic E-state index is 14.2. The molecule has 0 bridgehead atoms. The quantitative estimate of drug-likeness (QED) is 0.579. The Morgan fingerprint density at radius 1 is 1.00 bits per heavy atom. The van der Waals surface area contributed by atoms with Crippen LogP contribution in [0.25, 0.3) is 0 Å². The van der Waals surface area contributed by atoms with E-state index in [0.717, 1.165) is 18.6 Å². The average Bonchev–Trinajstić information content (AvgIpc) is 3.29. The standard InChI is InChI=1S/C26H28BrF2N3O3/c1-15-11-16(2)14-31(13-15)25(34)18-12-17(27)8-9-21(18)30-24(33)22-7-4-10-32(22)26(35)23-19(28)5-3-6-20(23)29/h3,5-6,8-9,12,15-16,22H,4,7,10-11,13-14H2,1-2H3,(H,30,33)/t15-,16+,22-/m0/s1. The van der Waals surface area contributed by atoms with Crippen LogP contribution in [0.2, 0.25) is 0 Å². The Hall–Kier alpha value is -2.81. The van der Waals surface area contributed by atoms with Crippen LogP contribution in [0.4, 0.5) is 14.5 Å². The zero-order valence-corrected chi connectivity index (χ0v) is 21.3. The van der Waals surface area contributed by atoms with Crippen LogP contribution in [0, 0.1) is 23.5 Å². The summed E-state index contributed by atoms with van der Waals surface area (Å²) in [6.45, 7) is 5.72. The molecular weight excluding hydrogens is 520 g/mol. The topological polar surface area (TPSA) is 69.7 Å². The Bertz CT molecular complexity index is 1130. The lowest BCUT2D eigenvalue weighted by Gasteiger charge is -2.35. The van der Waals surface area contributed by atoms with Gasteiger partial charge in [-0.1, -0.05) is 35.8 Å². The summed E-state index contributed by atoms with van der Waals surface area (Å²) in [5, 5.41) is 2.80. The first-order chi connectivity index (χ1) is 16.7. The predicted molar refractivity (Wildman–Crippen MR) is 132 cm³/mol. The summed E-state index contributed by atoms with van der Waals surface area (Å²) in [6, 6.07) is 7.36. The van der Waals surface area contributed by atoms with Gasteiger partial charge in [0.1, 0.15) is 23.2 Å². The number of hydrogen-bond acceptors (Lipinski definition) is 3. The first-order valence-electron chi connectivity index (χ1n) is 11.8. The number of likely N-dealkylation sites (tertiary alicyclic amines) is 2. The molecule has 2 aliphatic rings. The molecule has 0 radical (unpaired) electrons. The molecule has 2 fully saturated rings. The van der Waals surface area contributed by atoms with Gasteiger partial charge in [0.2, 0.25) is 5.91 Å². The molecule has 0 spiro atoms. The van der Waals surface area contributed by atoms with Gasteiger partial charge in [-0.05, 0) is 61.4 Å². The highest BCUT2D eigenvalue weighted by atomic mass is 79.9. The Morgan fingerprint density at radius 2 is 1.66 bits per heavy atom. The molecule has 9 heteroatoms. The Balaban J connectivity index is 1.56. The lowest BCUT2D eigenvalue weighted by Crippen LogP contribution is -2.44. The van der Waals surface area contributed by atoms with E-state index in [-0.39, 0.29) is 12.5 Å². The third-order valence-corrected chi connectivity index (χ3v) is 7.11. The first-order valence-corrected chi connectivity index (χ1v) is 12.6. The fourth-order valence-corrected chi connectivity index (χ4v) is 5.51. The van der Waals surface area contributed by atoms with Gasteiger partial charge < -0.3 is 15.1 Å². The molecule has 3 atom stereocenters. The highest BCUT2D eigenvalue weighted by molar-refractivity contribution is 9.10. The van der Waals surface area contributed by atoms with E-state index in [2.05, 4.69) is 35.1 Å². The molecule has 2 aliphatic heterocycles. The molecule has 3 amide bonds. The first kappa shape index (κ1) is 25.3. The molecular formula is C26H28BrF2N3O3. The molecule has 2 aromatic carbocycles. The van der Waals surface area contributed by atoms with Gasteiger partial charge in [-0.3, -0.25) is 14.4 Å². The number of carbonyl (C=O) groups excluding carboxylic acids is 3. The van der Waals surface area contributed by atoms with Gasteiger partial charge in [0.15, 0.2) is 0 Å². The van der Waals surface area contributed by atoms with E-state index in [4.69, 9.17) is 0 Å². The van der Waals surface area contributed by atoms with Gasteiger partial charge in [0.05, 0.1) is 11.3 Å². The molecule has 6 nitrogen and oxygen atoms in total. The normalized spacial score (nSPS) is 22.3. The second kappa shape index (κ2) is 10.4. The van der Waals surface area contributed by atoms with Crippen molar-refractivity contribution in [3.63, 3.8) is 0 Å². The van der Waals surface area contributed by atoms with Crippen molar-refractivity contribution in [3.8, 4) is 0 Å². The van der Waals surface area contributed by atoms with Crippen LogP contribution in [-0.2, 0) is 4.79 Å². The number of rotatable bonds is 4. The number of nitrogens with one attached hydrogen (secondary N) is 1. The molecule has 2 heterocycles. The Kier molecular flexibility index (Phi) is 7.54. The molecule has 2 saturated heterocycles. The van der Waals surface area contributed by atoms with Crippen molar-refractivity contribution in [3.05, 3.63) is 63.6 Å². The third-order valence-electron chi connectivity index (χ3n) is 6.62. The maximum Gasteiger partial charge on any atom is 0.260 e. The van der Waals surface area contributed by atoms with E-state index in [1.165, 1.54) is 11.0 Å². The molecule has 0 unspecified atom stereocenters. The van der Waals surface area contributed by atoms with Gasteiger partial charge in [-0.25, -0.2) is 8.78 Å². The van der Waals surface area contributed by atoms with E-state index in [9.17, 15) is 23.2 Å². The summed E-state index contributed by atoms with van der Waals surface area (Å²) in [5.41, 5.74) is 0.0237. The Morgan fingerprint density at radius 3 is 2.31 bits per heavy atom. The number of amides is 3.